The van der Waals surface area contributed by atoms with Gasteiger partial charge in [0.2, 0.25) is 0 Å². The number of rotatable bonds is 1. The van der Waals surface area contributed by atoms with E-state index in [-0.39, 0.29) is 0 Å². The molecular weight excluding hydrogens is 268 g/mol. The van der Waals surface area contributed by atoms with Crippen LogP contribution in [-0.4, -0.2) is 0 Å². The summed E-state index contributed by atoms with van der Waals surface area (Å²) in [5, 5.41) is 2.73. The highest BCUT2D eigenvalue weighted by Crippen LogP contribution is 2.42. The molecule has 0 saturated heterocycles. The molecule has 0 aliphatic heterocycles. The monoisotopic (exact) mass is 280 g/mol. The molecule has 0 spiro atoms. The molecule has 2 heterocycles. The molecule has 2 aromatic heterocycles. The second-order valence-corrected chi connectivity index (χ2v) is 7.02. The van der Waals surface area contributed by atoms with Crippen LogP contribution in [0, 0.1) is 6.92 Å². The van der Waals surface area contributed by atoms with E-state index in [9.17, 15) is 0 Å². The topological polar surface area (TPSA) is 0 Å². The highest BCUT2D eigenvalue weighted by molar-refractivity contribution is 7.23. The minimum absolute atomic E-state index is 1.34. The van der Waals surface area contributed by atoms with Crippen LogP contribution in [0.5, 0.6) is 0 Å². The third-order valence-corrected chi connectivity index (χ3v) is 5.66. The van der Waals surface area contributed by atoms with Crippen LogP contribution in [-0.2, 0) is 0 Å². The molecule has 2 heteroatoms. The fourth-order valence-electron chi connectivity index (χ4n) is 2.58. The minimum atomic E-state index is 1.34. The van der Waals surface area contributed by atoms with Gasteiger partial charge in [0, 0.05) is 30.1 Å². The molecule has 0 aliphatic rings. The molecule has 0 saturated carbocycles. The zero-order chi connectivity index (χ0) is 12.8. The van der Waals surface area contributed by atoms with E-state index in [1.54, 1.807) is 0 Å². The van der Waals surface area contributed by atoms with Crippen molar-refractivity contribution in [2.75, 3.05) is 0 Å². The van der Waals surface area contributed by atoms with Gasteiger partial charge in [0.25, 0.3) is 0 Å². The summed E-state index contributed by atoms with van der Waals surface area (Å²) >= 11 is 3.78. The predicted octanol–water partition coefficient (Wildman–Crippen LogP) is 6.09. The molecule has 92 valence electrons. The van der Waals surface area contributed by atoms with Gasteiger partial charge < -0.3 is 0 Å². The average Bonchev–Trinajstić information content (AvgIpc) is 2.97. The van der Waals surface area contributed by atoms with Gasteiger partial charge in [-0.2, -0.15) is 0 Å². The summed E-state index contributed by atoms with van der Waals surface area (Å²) in [7, 11) is 0. The molecule has 0 bridgehead atoms. The van der Waals surface area contributed by atoms with Gasteiger partial charge in [-0.1, -0.05) is 36.4 Å². The Balaban J connectivity index is 2.06. The summed E-state index contributed by atoms with van der Waals surface area (Å²) in [6, 6.07) is 19.6. The lowest BCUT2D eigenvalue weighted by Gasteiger charge is -1.96. The lowest BCUT2D eigenvalue weighted by molar-refractivity contribution is 1.65. The summed E-state index contributed by atoms with van der Waals surface area (Å²) in [5.41, 5.74) is 1.42. The predicted molar refractivity (Wildman–Crippen MR) is 87.4 cm³/mol. The molecule has 0 fully saturated rings. The van der Waals surface area contributed by atoms with Crippen molar-refractivity contribution < 1.29 is 0 Å². The third kappa shape index (κ3) is 1.71. The van der Waals surface area contributed by atoms with Gasteiger partial charge in [-0.05, 0) is 30.5 Å². The fourth-order valence-corrected chi connectivity index (χ4v) is 4.90. The summed E-state index contributed by atoms with van der Waals surface area (Å²) in [6.45, 7) is 2.23. The third-order valence-electron chi connectivity index (χ3n) is 3.44. The van der Waals surface area contributed by atoms with Crippen molar-refractivity contribution in [3.8, 4) is 10.4 Å². The summed E-state index contributed by atoms with van der Waals surface area (Å²) in [4.78, 5) is 2.80. The zero-order valence-electron chi connectivity index (χ0n) is 10.5. The van der Waals surface area contributed by atoms with Crippen LogP contribution in [0.15, 0.2) is 54.6 Å². The van der Waals surface area contributed by atoms with Gasteiger partial charge in [-0.3, -0.25) is 0 Å². The Morgan fingerprint density at radius 3 is 2.37 bits per heavy atom. The van der Waals surface area contributed by atoms with Crippen LogP contribution in [0.4, 0.5) is 0 Å². The minimum Gasteiger partial charge on any atom is -0.140 e. The van der Waals surface area contributed by atoms with E-state index in [1.807, 2.05) is 22.7 Å². The maximum absolute atomic E-state index is 2.32. The maximum Gasteiger partial charge on any atom is 0.0372 e. The number of hydrogen-bond acceptors (Lipinski definition) is 2. The van der Waals surface area contributed by atoms with Gasteiger partial charge in [-0.15, -0.1) is 22.7 Å². The quantitative estimate of drug-likeness (QED) is 0.395. The van der Waals surface area contributed by atoms with Gasteiger partial charge in [0.1, 0.15) is 0 Å². The second-order valence-electron chi connectivity index (χ2n) is 4.68. The Hall–Kier alpha value is -1.64. The first-order chi connectivity index (χ1) is 9.33. The van der Waals surface area contributed by atoms with E-state index >= 15 is 0 Å². The lowest BCUT2D eigenvalue weighted by Crippen LogP contribution is -1.71. The van der Waals surface area contributed by atoms with Crippen molar-refractivity contribution in [3.63, 3.8) is 0 Å². The van der Waals surface area contributed by atoms with Gasteiger partial charge in [-0.25, -0.2) is 0 Å². The number of aryl methyl sites for hydroxylation is 1. The van der Waals surface area contributed by atoms with E-state index in [0.29, 0.717) is 0 Å². The molecule has 0 nitrogen and oxygen atoms in total. The Bertz CT molecular complexity index is 847. The highest BCUT2D eigenvalue weighted by atomic mass is 32.1. The number of benzene rings is 2. The fraction of sp³-hybridized carbons (Fsp3) is 0.0588. The van der Waals surface area contributed by atoms with Crippen molar-refractivity contribution >= 4 is 42.8 Å². The Morgan fingerprint density at radius 2 is 1.53 bits per heavy atom. The lowest BCUT2D eigenvalue weighted by atomic mass is 10.1. The molecule has 0 amide bonds. The Labute approximate surface area is 119 Å². The average molecular weight is 280 g/mol. The van der Waals surface area contributed by atoms with Gasteiger partial charge >= 0.3 is 0 Å². The summed E-state index contributed by atoms with van der Waals surface area (Å²) in [6.07, 6.45) is 0. The van der Waals surface area contributed by atoms with E-state index in [0.717, 1.165) is 0 Å². The van der Waals surface area contributed by atoms with Crippen molar-refractivity contribution in [2.45, 2.75) is 6.92 Å². The van der Waals surface area contributed by atoms with Gasteiger partial charge in [0.05, 0.1) is 0 Å². The molecule has 0 radical (unpaired) electrons. The molecule has 19 heavy (non-hydrogen) atoms. The van der Waals surface area contributed by atoms with Crippen LogP contribution in [0.1, 0.15) is 4.88 Å². The van der Waals surface area contributed by atoms with Crippen molar-refractivity contribution in [3.05, 3.63) is 59.5 Å². The molecule has 0 atom stereocenters. The van der Waals surface area contributed by atoms with Gasteiger partial charge in [0.15, 0.2) is 0 Å². The number of hydrogen-bond donors (Lipinski definition) is 0. The van der Waals surface area contributed by atoms with Crippen LogP contribution in [0.3, 0.4) is 0 Å². The van der Waals surface area contributed by atoms with Crippen molar-refractivity contribution in [1.29, 1.82) is 0 Å². The van der Waals surface area contributed by atoms with Crippen LogP contribution < -0.4 is 0 Å². The first kappa shape index (κ1) is 11.2. The van der Waals surface area contributed by atoms with E-state index in [1.165, 1.54) is 35.5 Å². The first-order valence-corrected chi connectivity index (χ1v) is 7.93. The van der Waals surface area contributed by atoms with Crippen LogP contribution in [0.2, 0.25) is 0 Å². The SMILES string of the molecule is Cc1sc2ccccc2c1-c1cc2ccccc2s1. The smallest absolute Gasteiger partial charge is 0.0372 e. The van der Waals surface area contributed by atoms with Crippen molar-refractivity contribution in [2.24, 2.45) is 0 Å². The summed E-state index contributed by atoms with van der Waals surface area (Å²) < 4.78 is 2.75. The molecule has 0 N–H and O–H groups in total. The second kappa shape index (κ2) is 4.19. The van der Waals surface area contributed by atoms with E-state index in [4.69, 9.17) is 0 Å². The molecule has 2 aromatic carbocycles. The van der Waals surface area contributed by atoms with Crippen molar-refractivity contribution in [1.82, 2.24) is 0 Å². The van der Waals surface area contributed by atoms with E-state index in [2.05, 4.69) is 61.5 Å². The molecule has 0 aliphatic carbocycles. The Morgan fingerprint density at radius 1 is 0.789 bits per heavy atom. The molecular formula is C17H12S2. The number of fused-ring (bicyclic) bond motifs is 2. The first-order valence-electron chi connectivity index (χ1n) is 6.30. The molecule has 4 aromatic rings. The summed E-state index contributed by atoms with van der Waals surface area (Å²) in [5.74, 6) is 0. The maximum atomic E-state index is 2.32. The largest absolute Gasteiger partial charge is 0.140 e. The number of thiophene rings is 2. The van der Waals surface area contributed by atoms with Crippen LogP contribution in [0.25, 0.3) is 30.6 Å². The standard InChI is InChI=1S/C17H12S2/c1-11-17(13-7-3-5-9-15(13)18-11)16-10-12-6-2-4-8-14(12)19-16/h2-10H,1H3. The van der Waals surface area contributed by atoms with E-state index < -0.39 is 0 Å². The van der Waals surface area contributed by atoms with Crippen LogP contribution >= 0.6 is 22.7 Å². The normalized spacial score (nSPS) is 11.4. The Kier molecular flexibility index (Phi) is 2.47. The molecule has 0 unspecified atom stereocenters. The molecule has 4 rings (SSSR count). The zero-order valence-corrected chi connectivity index (χ0v) is 12.1. The highest BCUT2D eigenvalue weighted by Gasteiger charge is 2.13.